The van der Waals surface area contributed by atoms with Crippen LogP contribution in [0.15, 0.2) is 72.8 Å². The molecule has 0 radical (unpaired) electrons. The van der Waals surface area contributed by atoms with Crippen molar-refractivity contribution in [2.45, 2.75) is 12.6 Å². The van der Waals surface area contributed by atoms with Crippen LogP contribution in [0, 0.1) is 11.6 Å². The maximum Gasteiger partial charge on any atom is 0.341 e. The molecule has 0 bridgehead atoms. The van der Waals surface area contributed by atoms with Gasteiger partial charge in [0.2, 0.25) is 0 Å². The van der Waals surface area contributed by atoms with E-state index in [1.165, 1.54) is 6.07 Å². The minimum absolute atomic E-state index is 0.349. The molecule has 1 saturated heterocycles. The first-order valence-corrected chi connectivity index (χ1v) is 12.0. The molecule has 1 N–H and O–H groups in total. The molecule has 6 nitrogen and oxygen atoms in total. The van der Waals surface area contributed by atoms with E-state index in [4.69, 9.17) is 14.6 Å². The van der Waals surface area contributed by atoms with Gasteiger partial charge in [0.25, 0.3) is 0 Å². The van der Waals surface area contributed by atoms with E-state index in [0.717, 1.165) is 56.5 Å². The molecule has 0 aromatic heterocycles. The third kappa shape index (κ3) is 7.34. The van der Waals surface area contributed by atoms with Crippen LogP contribution in [0.25, 0.3) is 0 Å². The van der Waals surface area contributed by atoms with Crippen LogP contribution >= 0.6 is 0 Å². The predicted octanol–water partition coefficient (Wildman–Crippen LogP) is 4.35. The SMILES string of the molecule is O=C(O)COc1ccc(CN2CCN(CCOC(c3ccccc3)c3ccc(F)c(F)c3)CC2)cc1. The fourth-order valence-electron chi connectivity index (χ4n) is 4.25. The Labute approximate surface area is 209 Å². The van der Waals surface area contributed by atoms with Gasteiger partial charge in [-0.2, -0.15) is 0 Å². The van der Waals surface area contributed by atoms with Crippen molar-refractivity contribution >= 4 is 5.97 Å². The third-order valence-corrected chi connectivity index (χ3v) is 6.20. The number of rotatable bonds is 11. The topological polar surface area (TPSA) is 62.2 Å². The summed E-state index contributed by atoms with van der Waals surface area (Å²) in [5.74, 6) is -2.20. The highest BCUT2D eigenvalue weighted by atomic mass is 19.2. The molecule has 1 aliphatic heterocycles. The second-order valence-electron chi connectivity index (χ2n) is 8.78. The van der Waals surface area contributed by atoms with Crippen LogP contribution < -0.4 is 4.74 Å². The molecule has 0 aliphatic carbocycles. The molecule has 4 rings (SSSR count). The van der Waals surface area contributed by atoms with Crippen molar-refractivity contribution in [1.82, 2.24) is 9.80 Å². The fourth-order valence-corrected chi connectivity index (χ4v) is 4.25. The summed E-state index contributed by atoms with van der Waals surface area (Å²) in [5, 5.41) is 8.70. The Hall–Kier alpha value is -3.33. The number of carboxylic acids is 1. The summed E-state index contributed by atoms with van der Waals surface area (Å²) in [6.07, 6.45) is -0.468. The van der Waals surface area contributed by atoms with Crippen molar-refractivity contribution in [3.63, 3.8) is 0 Å². The number of benzene rings is 3. The maximum absolute atomic E-state index is 13.9. The highest BCUT2D eigenvalue weighted by Gasteiger charge is 2.20. The van der Waals surface area contributed by atoms with E-state index in [9.17, 15) is 13.6 Å². The minimum atomic E-state index is -0.998. The standard InChI is InChI=1S/C28H30F2N2O4/c29-25-11-8-23(18-26(25)30)28(22-4-2-1-3-5-22)35-17-16-31-12-14-32(15-13-31)19-21-6-9-24(10-7-21)36-20-27(33)34/h1-11,18,28H,12-17,19-20H2,(H,33,34). The molecule has 1 aliphatic rings. The van der Waals surface area contributed by atoms with Gasteiger partial charge in [-0.1, -0.05) is 48.5 Å². The molecule has 1 heterocycles. The van der Waals surface area contributed by atoms with E-state index >= 15 is 0 Å². The molecule has 190 valence electrons. The highest BCUT2D eigenvalue weighted by molar-refractivity contribution is 5.68. The number of hydrogen-bond donors (Lipinski definition) is 1. The second-order valence-corrected chi connectivity index (χ2v) is 8.78. The lowest BCUT2D eigenvalue weighted by Gasteiger charge is -2.35. The molecule has 3 aromatic rings. The van der Waals surface area contributed by atoms with Gasteiger partial charge in [0, 0.05) is 39.3 Å². The van der Waals surface area contributed by atoms with Gasteiger partial charge >= 0.3 is 5.97 Å². The van der Waals surface area contributed by atoms with E-state index in [1.54, 1.807) is 18.2 Å². The molecule has 0 saturated carbocycles. The Morgan fingerprint density at radius 3 is 2.22 bits per heavy atom. The molecule has 0 amide bonds. The van der Waals surface area contributed by atoms with E-state index in [1.807, 2.05) is 42.5 Å². The van der Waals surface area contributed by atoms with E-state index < -0.39 is 23.7 Å². The zero-order chi connectivity index (χ0) is 25.3. The summed E-state index contributed by atoms with van der Waals surface area (Å²) in [6.45, 7) is 5.33. The molecule has 8 heteroatoms. The zero-order valence-corrected chi connectivity index (χ0v) is 20.0. The van der Waals surface area contributed by atoms with Crippen LogP contribution in [0.1, 0.15) is 22.8 Å². The first-order valence-electron chi connectivity index (χ1n) is 12.0. The molecule has 0 spiro atoms. The van der Waals surface area contributed by atoms with Gasteiger partial charge in [0.05, 0.1) is 6.61 Å². The van der Waals surface area contributed by atoms with Gasteiger partial charge in [-0.05, 0) is 41.0 Å². The smallest absolute Gasteiger partial charge is 0.341 e. The molecule has 1 unspecified atom stereocenters. The van der Waals surface area contributed by atoms with Crippen molar-refractivity contribution in [2.75, 3.05) is 45.9 Å². The molecule has 1 atom stereocenters. The Balaban J connectivity index is 1.24. The fraction of sp³-hybridized carbons (Fsp3) is 0.321. The summed E-state index contributed by atoms with van der Waals surface area (Å²) in [5.41, 5.74) is 2.63. The van der Waals surface area contributed by atoms with Crippen LogP contribution in [0.4, 0.5) is 8.78 Å². The molecule has 3 aromatic carbocycles. The van der Waals surface area contributed by atoms with E-state index in [0.29, 0.717) is 17.9 Å². The number of carbonyl (C=O) groups is 1. The van der Waals surface area contributed by atoms with Gasteiger partial charge < -0.3 is 14.6 Å². The van der Waals surface area contributed by atoms with Crippen molar-refractivity contribution < 1.29 is 28.2 Å². The van der Waals surface area contributed by atoms with Crippen LogP contribution in [-0.2, 0) is 16.1 Å². The highest BCUT2D eigenvalue weighted by Crippen LogP contribution is 2.27. The van der Waals surface area contributed by atoms with Crippen molar-refractivity contribution in [3.8, 4) is 5.75 Å². The lowest BCUT2D eigenvalue weighted by molar-refractivity contribution is -0.139. The quantitative estimate of drug-likeness (QED) is 0.426. The van der Waals surface area contributed by atoms with Gasteiger partial charge in [-0.3, -0.25) is 9.80 Å². The van der Waals surface area contributed by atoms with Crippen molar-refractivity contribution in [1.29, 1.82) is 0 Å². The Bertz CT molecular complexity index is 1120. The predicted molar refractivity (Wildman–Crippen MR) is 132 cm³/mol. The number of ether oxygens (including phenoxy) is 2. The number of aliphatic carboxylic acids is 1. The average molecular weight is 497 g/mol. The number of halogens is 2. The van der Waals surface area contributed by atoms with Gasteiger partial charge in [0.1, 0.15) is 11.9 Å². The number of hydrogen-bond acceptors (Lipinski definition) is 5. The average Bonchev–Trinajstić information content (AvgIpc) is 2.89. The monoisotopic (exact) mass is 496 g/mol. The third-order valence-electron chi connectivity index (χ3n) is 6.20. The summed E-state index contributed by atoms with van der Waals surface area (Å²) < 4.78 is 38.7. The van der Waals surface area contributed by atoms with Crippen LogP contribution in [0.2, 0.25) is 0 Å². The number of carboxylic acid groups (broad SMARTS) is 1. The van der Waals surface area contributed by atoms with Crippen LogP contribution in [-0.4, -0.2) is 66.8 Å². The summed E-state index contributed by atoms with van der Waals surface area (Å²) in [4.78, 5) is 15.3. The summed E-state index contributed by atoms with van der Waals surface area (Å²) in [6, 6.07) is 21.0. The summed E-state index contributed by atoms with van der Waals surface area (Å²) >= 11 is 0. The zero-order valence-electron chi connectivity index (χ0n) is 20.0. The lowest BCUT2D eigenvalue weighted by atomic mass is 10.0. The van der Waals surface area contributed by atoms with Gasteiger partial charge in [0.15, 0.2) is 18.2 Å². The molecule has 36 heavy (non-hydrogen) atoms. The first-order chi connectivity index (χ1) is 17.5. The molecular weight excluding hydrogens is 466 g/mol. The minimum Gasteiger partial charge on any atom is -0.482 e. The van der Waals surface area contributed by atoms with Crippen LogP contribution in [0.5, 0.6) is 5.75 Å². The summed E-state index contributed by atoms with van der Waals surface area (Å²) in [7, 11) is 0. The normalized spacial score (nSPS) is 15.5. The van der Waals surface area contributed by atoms with E-state index in [2.05, 4.69) is 9.80 Å². The first kappa shape index (κ1) is 25.8. The van der Waals surface area contributed by atoms with Gasteiger partial charge in [-0.25, -0.2) is 13.6 Å². The Morgan fingerprint density at radius 1 is 0.861 bits per heavy atom. The number of piperazine rings is 1. The van der Waals surface area contributed by atoms with E-state index in [-0.39, 0.29) is 6.61 Å². The second kappa shape index (κ2) is 12.6. The van der Waals surface area contributed by atoms with Crippen molar-refractivity contribution in [2.24, 2.45) is 0 Å². The maximum atomic E-state index is 13.9. The molecule has 1 fully saturated rings. The Kier molecular flexibility index (Phi) is 9.00. The van der Waals surface area contributed by atoms with Crippen LogP contribution in [0.3, 0.4) is 0 Å². The Morgan fingerprint density at radius 2 is 1.56 bits per heavy atom. The van der Waals surface area contributed by atoms with Crippen molar-refractivity contribution in [3.05, 3.63) is 101 Å². The van der Waals surface area contributed by atoms with Gasteiger partial charge in [-0.15, -0.1) is 0 Å². The molecular formula is C28H30F2N2O4. The largest absolute Gasteiger partial charge is 0.482 e. The lowest BCUT2D eigenvalue weighted by Crippen LogP contribution is -2.46. The number of nitrogens with zero attached hydrogens (tertiary/aromatic N) is 2.